The Morgan fingerprint density at radius 3 is 2.55 bits per heavy atom. The monoisotopic (exact) mass is 400 g/mol. The van der Waals surface area contributed by atoms with E-state index in [1.165, 1.54) is 12.8 Å². The highest BCUT2D eigenvalue weighted by Gasteiger charge is 2.22. The molecular weight excluding hydrogens is 372 g/mol. The molecule has 156 valence electrons. The molecular formula is C21H28N4O4. The third-order valence-electron chi connectivity index (χ3n) is 5.33. The van der Waals surface area contributed by atoms with Crippen molar-refractivity contribution < 1.29 is 19.5 Å². The van der Waals surface area contributed by atoms with Gasteiger partial charge in [-0.3, -0.25) is 4.79 Å². The summed E-state index contributed by atoms with van der Waals surface area (Å²) in [4.78, 5) is 38.9. The fourth-order valence-corrected chi connectivity index (χ4v) is 3.79. The van der Waals surface area contributed by atoms with Crippen LogP contribution in [0.5, 0.6) is 0 Å². The maximum atomic E-state index is 12.1. The average Bonchev–Trinajstić information content (AvgIpc) is 2.93. The van der Waals surface area contributed by atoms with Crippen molar-refractivity contribution in [2.75, 3.05) is 6.54 Å². The Labute approximate surface area is 169 Å². The summed E-state index contributed by atoms with van der Waals surface area (Å²) in [5.41, 5.74) is 1.71. The number of hydrogen-bond donors (Lipinski definition) is 5. The van der Waals surface area contributed by atoms with Gasteiger partial charge in [0.1, 0.15) is 6.04 Å². The Balaban J connectivity index is 1.49. The number of aliphatic carboxylic acids is 1. The van der Waals surface area contributed by atoms with Gasteiger partial charge in [0.2, 0.25) is 5.91 Å². The smallest absolute Gasteiger partial charge is 0.326 e. The molecule has 1 aromatic carbocycles. The lowest BCUT2D eigenvalue weighted by molar-refractivity contribution is -0.139. The van der Waals surface area contributed by atoms with E-state index in [2.05, 4.69) is 20.9 Å². The summed E-state index contributed by atoms with van der Waals surface area (Å²) >= 11 is 0. The summed E-state index contributed by atoms with van der Waals surface area (Å²) in [6.45, 7) is -0.179. The summed E-state index contributed by atoms with van der Waals surface area (Å²) in [6.07, 6.45) is 8.41. The van der Waals surface area contributed by atoms with Gasteiger partial charge in [-0.2, -0.15) is 0 Å². The molecule has 0 unspecified atom stereocenters. The highest BCUT2D eigenvalue weighted by Crippen LogP contribution is 2.19. The van der Waals surface area contributed by atoms with Gasteiger partial charge in [0.25, 0.3) is 0 Å². The molecule has 1 fully saturated rings. The number of carboxylic acid groups (broad SMARTS) is 1. The zero-order valence-corrected chi connectivity index (χ0v) is 16.4. The number of amides is 3. The number of carbonyl (C=O) groups is 3. The van der Waals surface area contributed by atoms with Crippen molar-refractivity contribution in [3.63, 3.8) is 0 Å². The number of benzene rings is 1. The summed E-state index contributed by atoms with van der Waals surface area (Å²) < 4.78 is 0. The van der Waals surface area contributed by atoms with E-state index in [4.69, 9.17) is 0 Å². The second-order valence-electron chi connectivity index (χ2n) is 7.54. The molecule has 0 spiro atoms. The highest BCUT2D eigenvalue weighted by atomic mass is 16.4. The topological polar surface area (TPSA) is 123 Å². The van der Waals surface area contributed by atoms with Gasteiger partial charge in [0, 0.05) is 29.6 Å². The molecule has 1 saturated carbocycles. The van der Waals surface area contributed by atoms with Crippen molar-refractivity contribution in [2.24, 2.45) is 0 Å². The van der Waals surface area contributed by atoms with Crippen molar-refractivity contribution in [2.45, 2.75) is 57.0 Å². The number of hydrogen-bond acceptors (Lipinski definition) is 3. The van der Waals surface area contributed by atoms with E-state index < -0.39 is 18.0 Å². The third-order valence-corrected chi connectivity index (χ3v) is 5.33. The van der Waals surface area contributed by atoms with Crippen molar-refractivity contribution in [1.82, 2.24) is 20.9 Å². The summed E-state index contributed by atoms with van der Waals surface area (Å²) in [7, 11) is 0. The first-order chi connectivity index (χ1) is 14.0. The van der Waals surface area contributed by atoms with Gasteiger partial charge in [-0.1, -0.05) is 43.9 Å². The Bertz CT molecular complexity index is 855. The quantitative estimate of drug-likeness (QED) is 0.458. The molecule has 0 bridgehead atoms. The first kappa shape index (κ1) is 20.7. The molecule has 1 aliphatic rings. The molecule has 0 saturated heterocycles. The van der Waals surface area contributed by atoms with E-state index in [0.717, 1.165) is 42.1 Å². The summed E-state index contributed by atoms with van der Waals surface area (Å²) in [5, 5.41) is 18.2. The van der Waals surface area contributed by atoms with Gasteiger partial charge in [-0.25, -0.2) is 9.59 Å². The largest absolute Gasteiger partial charge is 0.480 e. The molecule has 1 aliphatic carbocycles. The normalized spacial score (nSPS) is 16.0. The number of H-pyrrole nitrogens is 1. The van der Waals surface area contributed by atoms with Crippen LogP contribution in [0.25, 0.3) is 10.9 Å². The van der Waals surface area contributed by atoms with Gasteiger partial charge < -0.3 is 26.0 Å². The van der Waals surface area contributed by atoms with Gasteiger partial charge in [0.15, 0.2) is 0 Å². The standard InChI is InChI=1S/C21H28N4O4/c26-19(24-15-7-3-1-2-4-8-15)13-23-21(29)25-18(20(27)28)11-14-12-22-17-10-6-5-9-16(14)17/h5-6,9-10,12,15,18,22H,1-4,7-8,11,13H2,(H,24,26)(H,27,28)(H2,23,25,29)/t18-/m0/s1. The van der Waals surface area contributed by atoms with Crippen molar-refractivity contribution in [3.8, 4) is 0 Å². The maximum absolute atomic E-state index is 12.1. The van der Waals surface area contributed by atoms with E-state index in [-0.39, 0.29) is 24.9 Å². The number of carboxylic acids is 1. The van der Waals surface area contributed by atoms with Gasteiger partial charge in [0.05, 0.1) is 6.54 Å². The van der Waals surface area contributed by atoms with Crippen LogP contribution >= 0.6 is 0 Å². The van der Waals surface area contributed by atoms with Crippen LogP contribution < -0.4 is 16.0 Å². The number of nitrogens with one attached hydrogen (secondary N) is 4. The highest BCUT2D eigenvalue weighted by molar-refractivity contribution is 5.88. The molecule has 1 heterocycles. The van der Waals surface area contributed by atoms with Gasteiger partial charge in [-0.05, 0) is 24.5 Å². The minimum absolute atomic E-state index is 0.140. The fraction of sp³-hybridized carbons (Fsp3) is 0.476. The molecule has 3 rings (SSSR count). The first-order valence-corrected chi connectivity index (χ1v) is 10.1. The van der Waals surface area contributed by atoms with Crippen molar-refractivity contribution in [1.29, 1.82) is 0 Å². The number of urea groups is 1. The molecule has 0 aliphatic heterocycles. The van der Waals surface area contributed by atoms with E-state index >= 15 is 0 Å². The van der Waals surface area contributed by atoms with Crippen LogP contribution in [0.15, 0.2) is 30.5 Å². The Hall–Kier alpha value is -3.03. The number of rotatable bonds is 7. The van der Waals surface area contributed by atoms with Crippen molar-refractivity contribution >= 4 is 28.8 Å². The predicted octanol–water partition coefficient (Wildman–Crippen LogP) is 2.30. The molecule has 5 N–H and O–H groups in total. The molecule has 8 heteroatoms. The van der Waals surface area contributed by atoms with Crippen molar-refractivity contribution in [3.05, 3.63) is 36.0 Å². The van der Waals surface area contributed by atoms with Crippen LogP contribution in [0, 0.1) is 0 Å². The van der Waals surface area contributed by atoms with Crippen LogP contribution in [-0.4, -0.2) is 46.6 Å². The van der Waals surface area contributed by atoms with Gasteiger partial charge >= 0.3 is 12.0 Å². The lowest BCUT2D eigenvalue weighted by atomic mass is 10.1. The zero-order valence-electron chi connectivity index (χ0n) is 16.4. The number of aromatic amines is 1. The Kier molecular flexibility index (Phi) is 7.10. The van der Waals surface area contributed by atoms with E-state index in [1.54, 1.807) is 6.20 Å². The summed E-state index contributed by atoms with van der Waals surface area (Å²) in [5.74, 6) is -1.39. The van der Waals surface area contributed by atoms with Crippen LogP contribution in [0.3, 0.4) is 0 Å². The molecule has 3 amide bonds. The molecule has 1 aromatic heterocycles. The minimum Gasteiger partial charge on any atom is -0.480 e. The molecule has 2 aromatic rings. The minimum atomic E-state index is -1.13. The van der Waals surface area contributed by atoms with Crippen LogP contribution in [-0.2, 0) is 16.0 Å². The first-order valence-electron chi connectivity index (χ1n) is 10.1. The molecule has 29 heavy (non-hydrogen) atoms. The Morgan fingerprint density at radius 2 is 1.83 bits per heavy atom. The van der Waals surface area contributed by atoms with E-state index in [0.29, 0.717) is 0 Å². The number of para-hydroxylation sites is 1. The van der Waals surface area contributed by atoms with Crippen LogP contribution in [0.1, 0.15) is 44.1 Å². The second-order valence-corrected chi connectivity index (χ2v) is 7.54. The molecule has 1 atom stereocenters. The van der Waals surface area contributed by atoms with Crippen LogP contribution in [0.2, 0.25) is 0 Å². The maximum Gasteiger partial charge on any atom is 0.326 e. The SMILES string of the molecule is O=C(CNC(=O)N[C@@H](Cc1c[nH]c2ccccc12)C(=O)O)NC1CCCCCC1. The zero-order chi connectivity index (χ0) is 20.6. The predicted molar refractivity (Wildman–Crippen MR) is 110 cm³/mol. The Morgan fingerprint density at radius 1 is 1.10 bits per heavy atom. The summed E-state index contributed by atoms with van der Waals surface area (Å²) in [6, 6.07) is 5.96. The number of aromatic nitrogens is 1. The fourth-order valence-electron chi connectivity index (χ4n) is 3.79. The number of carbonyl (C=O) groups excluding carboxylic acids is 2. The lowest BCUT2D eigenvalue weighted by Gasteiger charge is -2.17. The van der Waals surface area contributed by atoms with E-state index in [1.807, 2.05) is 24.3 Å². The number of fused-ring (bicyclic) bond motifs is 1. The van der Waals surface area contributed by atoms with E-state index in [9.17, 15) is 19.5 Å². The second kappa shape index (κ2) is 9.95. The molecule has 0 radical (unpaired) electrons. The third kappa shape index (κ3) is 5.97. The average molecular weight is 400 g/mol. The van der Waals surface area contributed by atoms with Gasteiger partial charge in [-0.15, -0.1) is 0 Å². The lowest BCUT2D eigenvalue weighted by Crippen LogP contribution is -2.50. The molecule has 8 nitrogen and oxygen atoms in total. The van der Waals surface area contributed by atoms with Crippen LogP contribution in [0.4, 0.5) is 4.79 Å².